The lowest BCUT2D eigenvalue weighted by Crippen LogP contribution is -2.37. The van der Waals surface area contributed by atoms with Crippen molar-refractivity contribution >= 4 is 46.0 Å². The lowest BCUT2D eigenvalue weighted by Gasteiger charge is -2.14. The molecule has 29 heavy (non-hydrogen) atoms. The van der Waals surface area contributed by atoms with Gasteiger partial charge in [0.1, 0.15) is 5.65 Å². The predicted molar refractivity (Wildman–Crippen MR) is 117 cm³/mol. The van der Waals surface area contributed by atoms with Crippen LogP contribution in [0.2, 0.25) is 5.02 Å². The van der Waals surface area contributed by atoms with E-state index in [0.29, 0.717) is 33.1 Å². The van der Waals surface area contributed by atoms with E-state index in [4.69, 9.17) is 11.6 Å². The Morgan fingerprint density at radius 2 is 2.00 bits per heavy atom. The maximum absolute atomic E-state index is 12.8. The Morgan fingerprint density at radius 1 is 1.24 bits per heavy atom. The van der Waals surface area contributed by atoms with Crippen LogP contribution in [0.15, 0.2) is 44.9 Å². The van der Waals surface area contributed by atoms with Gasteiger partial charge in [0.2, 0.25) is 5.91 Å². The van der Waals surface area contributed by atoms with Gasteiger partial charge in [-0.2, -0.15) is 0 Å². The number of halogens is 1. The molecule has 0 unspecified atom stereocenters. The zero-order chi connectivity index (χ0) is 21.1. The maximum Gasteiger partial charge on any atom is 0.332 e. The molecule has 0 saturated heterocycles. The summed E-state index contributed by atoms with van der Waals surface area (Å²) in [5.74, 6) is -0.111. The highest BCUT2D eigenvalue weighted by molar-refractivity contribution is 8.00. The van der Waals surface area contributed by atoms with Crippen LogP contribution in [0.3, 0.4) is 0 Å². The Labute approximate surface area is 176 Å². The van der Waals surface area contributed by atoms with Crippen molar-refractivity contribution in [1.29, 1.82) is 0 Å². The number of hydrogen-bond donors (Lipinski definition) is 1. The van der Waals surface area contributed by atoms with Crippen molar-refractivity contribution < 1.29 is 4.79 Å². The number of nitrogens with one attached hydrogen (secondary N) is 1. The molecule has 0 aliphatic rings. The van der Waals surface area contributed by atoms with E-state index >= 15 is 0 Å². The third-order valence-electron chi connectivity index (χ3n) is 4.47. The van der Waals surface area contributed by atoms with Crippen LogP contribution in [-0.2, 0) is 25.3 Å². The van der Waals surface area contributed by atoms with E-state index in [9.17, 15) is 14.4 Å². The number of fused-ring (bicyclic) bond motifs is 1. The molecule has 9 heteroatoms. The van der Waals surface area contributed by atoms with Crippen molar-refractivity contribution in [3.8, 4) is 0 Å². The molecule has 0 spiro atoms. The minimum Gasteiger partial charge on any atom is -0.325 e. The predicted octanol–water partition coefficient (Wildman–Crippen LogP) is 2.97. The van der Waals surface area contributed by atoms with Crippen LogP contribution in [0.1, 0.15) is 18.9 Å². The minimum atomic E-state index is -0.437. The molecule has 7 nitrogen and oxygen atoms in total. The van der Waals surface area contributed by atoms with E-state index in [1.54, 1.807) is 37.5 Å². The zero-order valence-electron chi connectivity index (χ0n) is 16.4. The SMILES string of the molecule is CCCc1cnc2c(c1SCC(=O)Nc1cccc(Cl)c1)c(=O)n(C)c(=O)n2C. The molecule has 1 amide bonds. The van der Waals surface area contributed by atoms with E-state index in [1.807, 2.05) is 6.92 Å². The van der Waals surface area contributed by atoms with Crippen LogP contribution in [0.4, 0.5) is 5.69 Å². The first-order valence-corrected chi connectivity index (χ1v) is 10.5. The fourth-order valence-corrected chi connectivity index (χ4v) is 4.26. The fourth-order valence-electron chi connectivity index (χ4n) is 3.05. The van der Waals surface area contributed by atoms with E-state index in [2.05, 4.69) is 10.3 Å². The summed E-state index contributed by atoms with van der Waals surface area (Å²) in [7, 11) is 3.02. The molecule has 1 aromatic carbocycles. The molecule has 0 fully saturated rings. The second-order valence-corrected chi connectivity index (χ2v) is 8.04. The number of rotatable bonds is 6. The minimum absolute atomic E-state index is 0.105. The van der Waals surface area contributed by atoms with Crippen molar-refractivity contribution in [2.45, 2.75) is 24.7 Å². The molecule has 2 heterocycles. The molecule has 3 rings (SSSR count). The monoisotopic (exact) mass is 432 g/mol. The van der Waals surface area contributed by atoms with Crippen LogP contribution < -0.4 is 16.6 Å². The maximum atomic E-state index is 12.8. The molecule has 0 aliphatic heterocycles. The van der Waals surface area contributed by atoms with E-state index in [-0.39, 0.29) is 11.7 Å². The summed E-state index contributed by atoms with van der Waals surface area (Å²) in [4.78, 5) is 42.5. The van der Waals surface area contributed by atoms with Gasteiger partial charge in [-0.1, -0.05) is 31.0 Å². The number of benzene rings is 1. The van der Waals surface area contributed by atoms with Crippen molar-refractivity contribution in [1.82, 2.24) is 14.1 Å². The molecule has 3 aromatic rings. The highest BCUT2D eigenvalue weighted by Gasteiger charge is 2.18. The Morgan fingerprint density at radius 3 is 2.69 bits per heavy atom. The number of hydrogen-bond acceptors (Lipinski definition) is 5. The first-order valence-electron chi connectivity index (χ1n) is 9.09. The van der Waals surface area contributed by atoms with Gasteiger partial charge in [0, 0.05) is 35.9 Å². The highest BCUT2D eigenvalue weighted by Crippen LogP contribution is 2.29. The summed E-state index contributed by atoms with van der Waals surface area (Å²) in [5, 5.41) is 3.70. The molecule has 0 saturated carbocycles. The highest BCUT2D eigenvalue weighted by atomic mass is 35.5. The van der Waals surface area contributed by atoms with Crippen LogP contribution in [-0.4, -0.2) is 25.8 Å². The Kier molecular flexibility index (Phi) is 6.44. The zero-order valence-corrected chi connectivity index (χ0v) is 17.9. The Bertz CT molecular complexity index is 1200. The number of thioether (sulfide) groups is 1. The molecular weight excluding hydrogens is 412 g/mol. The van der Waals surface area contributed by atoms with Crippen molar-refractivity contribution in [3.05, 3.63) is 61.9 Å². The topological polar surface area (TPSA) is 86.0 Å². The van der Waals surface area contributed by atoms with Gasteiger partial charge < -0.3 is 5.32 Å². The van der Waals surface area contributed by atoms with Crippen LogP contribution in [0.5, 0.6) is 0 Å². The summed E-state index contributed by atoms with van der Waals surface area (Å²) < 4.78 is 2.42. The number of carbonyl (C=O) groups is 1. The number of carbonyl (C=O) groups excluding carboxylic acids is 1. The van der Waals surface area contributed by atoms with Gasteiger partial charge >= 0.3 is 5.69 Å². The summed E-state index contributed by atoms with van der Waals surface area (Å²) in [5.41, 5.74) is 0.959. The van der Waals surface area contributed by atoms with Gasteiger partial charge in [-0.05, 0) is 30.2 Å². The van der Waals surface area contributed by atoms with Crippen LogP contribution in [0, 0.1) is 0 Å². The van der Waals surface area contributed by atoms with Gasteiger partial charge in [0.25, 0.3) is 5.56 Å². The number of aryl methyl sites for hydroxylation is 2. The number of nitrogens with zero attached hydrogens (tertiary/aromatic N) is 3. The normalized spacial score (nSPS) is 11.0. The smallest absolute Gasteiger partial charge is 0.325 e. The van der Waals surface area contributed by atoms with Crippen molar-refractivity contribution in [2.75, 3.05) is 11.1 Å². The summed E-state index contributed by atoms with van der Waals surface area (Å²) in [6.45, 7) is 2.03. The quantitative estimate of drug-likeness (QED) is 0.605. The van der Waals surface area contributed by atoms with Gasteiger partial charge in [-0.25, -0.2) is 9.78 Å². The van der Waals surface area contributed by atoms with Crippen LogP contribution >= 0.6 is 23.4 Å². The lowest BCUT2D eigenvalue weighted by molar-refractivity contribution is -0.113. The van der Waals surface area contributed by atoms with Gasteiger partial charge in [0.05, 0.1) is 11.1 Å². The van der Waals surface area contributed by atoms with Gasteiger partial charge in [-0.15, -0.1) is 11.8 Å². The second-order valence-electron chi connectivity index (χ2n) is 6.61. The third kappa shape index (κ3) is 4.38. The number of amides is 1. The molecule has 152 valence electrons. The molecular formula is C20H21ClN4O3S. The summed E-state index contributed by atoms with van der Waals surface area (Å²) in [6.07, 6.45) is 3.26. The van der Waals surface area contributed by atoms with Gasteiger partial charge in [0.15, 0.2) is 0 Å². The number of pyridine rings is 1. The molecule has 0 aliphatic carbocycles. The molecule has 2 aromatic heterocycles. The molecule has 1 N–H and O–H groups in total. The summed E-state index contributed by atoms with van der Waals surface area (Å²) in [6, 6.07) is 6.90. The standard InChI is InChI=1S/C20H21ClN4O3S/c1-4-6-12-10-22-18-16(19(27)25(3)20(28)24(18)2)17(12)29-11-15(26)23-14-8-5-7-13(21)9-14/h5,7-10H,4,6,11H2,1-3H3,(H,23,26). The Hall–Kier alpha value is -2.58. The average Bonchev–Trinajstić information content (AvgIpc) is 2.69. The third-order valence-corrected chi connectivity index (χ3v) is 5.87. The number of anilines is 1. The molecule has 0 bridgehead atoms. The van der Waals surface area contributed by atoms with E-state index in [0.717, 1.165) is 16.6 Å². The largest absolute Gasteiger partial charge is 0.332 e. The van der Waals surface area contributed by atoms with Crippen molar-refractivity contribution in [2.24, 2.45) is 14.1 Å². The number of aromatic nitrogens is 3. The average molecular weight is 433 g/mol. The first kappa shape index (κ1) is 21.1. The summed E-state index contributed by atoms with van der Waals surface area (Å²) >= 11 is 7.23. The van der Waals surface area contributed by atoms with Crippen molar-refractivity contribution in [3.63, 3.8) is 0 Å². The second kappa shape index (κ2) is 8.84. The van der Waals surface area contributed by atoms with Gasteiger partial charge in [-0.3, -0.25) is 18.7 Å². The Balaban J connectivity index is 1.98. The fraction of sp³-hybridized carbons (Fsp3) is 0.300. The molecule has 0 atom stereocenters. The lowest BCUT2D eigenvalue weighted by atomic mass is 10.1. The van der Waals surface area contributed by atoms with E-state index in [1.165, 1.54) is 23.4 Å². The van der Waals surface area contributed by atoms with E-state index < -0.39 is 11.2 Å². The first-order chi connectivity index (χ1) is 13.8. The van der Waals surface area contributed by atoms with Crippen LogP contribution in [0.25, 0.3) is 11.0 Å². The molecule has 0 radical (unpaired) electrons.